The van der Waals surface area contributed by atoms with E-state index in [2.05, 4.69) is 18.2 Å². The molecule has 0 radical (unpaired) electrons. The van der Waals surface area contributed by atoms with Crippen LogP contribution in [0.2, 0.25) is 5.02 Å². The fourth-order valence-corrected chi connectivity index (χ4v) is 3.25. The number of hydrogen-bond donors (Lipinski definition) is 1. The van der Waals surface area contributed by atoms with Gasteiger partial charge in [0.25, 0.3) is 0 Å². The minimum Gasteiger partial charge on any atom is -0.331 e. The SMILES string of the molecule is Cl.NCCC(=O)N1Cc2cc(Cl)ccc2CC1c1ccccc1. The summed E-state index contributed by atoms with van der Waals surface area (Å²) in [5, 5.41) is 0.711. The topological polar surface area (TPSA) is 46.3 Å². The van der Waals surface area contributed by atoms with Crippen LogP contribution in [0.15, 0.2) is 48.5 Å². The fourth-order valence-electron chi connectivity index (χ4n) is 3.06. The van der Waals surface area contributed by atoms with Crippen molar-refractivity contribution >= 4 is 29.9 Å². The molecule has 3 rings (SSSR count). The third-order valence-electron chi connectivity index (χ3n) is 4.16. The van der Waals surface area contributed by atoms with Gasteiger partial charge in [-0.3, -0.25) is 4.79 Å². The van der Waals surface area contributed by atoms with Crippen LogP contribution in [0.4, 0.5) is 0 Å². The van der Waals surface area contributed by atoms with Gasteiger partial charge < -0.3 is 10.6 Å². The lowest BCUT2D eigenvalue weighted by Gasteiger charge is -2.37. The standard InChI is InChI=1S/C18H19ClN2O.ClH/c19-16-7-6-14-11-17(13-4-2-1-3-5-13)21(12-15(14)10-16)18(22)8-9-20;/h1-7,10,17H,8-9,11-12,20H2;1H. The van der Waals surface area contributed by atoms with E-state index < -0.39 is 0 Å². The van der Waals surface area contributed by atoms with Crippen molar-refractivity contribution in [3.05, 3.63) is 70.2 Å². The molecule has 23 heavy (non-hydrogen) atoms. The summed E-state index contributed by atoms with van der Waals surface area (Å²) in [6, 6.07) is 16.2. The first-order valence-corrected chi connectivity index (χ1v) is 7.88. The molecule has 1 amide bonds. The number of halogens is 2. The number of carbonyl (C=O) groups excluding carboxylic acids is 1. The van der Waals surface area contributed by atoms with Crippen molar-refractivity contribution in [3.63, 3.8) is 0 Å². The average Bonchev–Trinajstić information content (AvgIpc) is 2.54. The van der Waals surface area contributed by atoms with E-state index in [1.165, 1.54) is 5.56 Å². The molecule has 0 aliphatic carbocycles. The quantitative estimate of drug-likeness (QED) is 0.916. The summed E-state index contributed by atoms with van der Waals surface area (Å²) in [6.45, 7) is 0.966. The van der Waals surface area contributed by atoms with E-state index in [0.717, 1.165) is 17.5 Å². The van der Waals surface area contributed by atoms with Crippen LogP contribution in [0.1, 0.15) is 29.2 Å². The first-order valence-electron chi connectivity index (χ1n) is 7.51. The number of amides is 1. The molecule has 2 aromatic rings. The summed E-state index contributed by atoms with van der Waals surface area (Å²) in [6.07, 6.45) is 1.19. The largest absolute Gasteiger partial charge is 0.331 e. The zero-order valence-corrected chi connectivity index (χ0v) is 14.3. The molecule has 5 heteroatoms. The molecule has 3 nitrogen and oxygen atoms in total. The Hall–Kier alpha value is -1.55. The number of benzene rings is 2. The lowest BCUT2D eigenvalue weighted by atomic mass is 9.89. The molecular formula is C18H20Cl2N2O. The van der Waals surface area contributed by atoms with Gasteiger partial charge in [-0.15, -0.1) is 12.4 Å². The van der Waals surface area contributed by atoms with Crippen molar-refractivity contribution < 1.29 is 4.79 Å². The van der Waals surface area contributed by atoms with Crippen molar-refractivity contribution in [1.82, 2.24) is 4.90 Å². The van der Waals surface area contributed by atoms with Gasteiger partial charge in [-0.05, 0) is 35.2 Å². The Bertz CT molecular complexity index is 676. The second-order valence-corrected chi connectivity index (χ2v) is 6.04. The molecule has 1 aliphatic rings. The molecule has 1 heterocycles. The Balaban J connectivity index is 0.00000192. The molecule has 1 atom stereocenters. The number of fused-ring (bicyclic) bond motifs is 1. The Morgan fingerprint density at radius 2 is 1.91 bits per heavy atom. The molecule has 0 fully saturated rings. The van der Waals surface area contributed by atoms with Crippen LogP contribution in [-0.2, 0) is 17.8 Å². The van der Waals surface area contributed by atoms with Gasteiger partial charge in [-0.2, -0.15) is 0 Å². The molecule has 0 saturated heterocycles. The highest BCUT2D eigenvalue weighted by Gasteiger charge is 2.30. The highest BCUT2D eigenvalue weighted by molar-refractivity contribution is 6.30. The predicted octanol–water partition coefficient (Wildman–Crippen LogP) is 3.74. The maximum Gasteiger partial charge on any atom is 0.224 e. The zero-order chi connectivity index (χ0) is 15.5. The molecule has 2 aromatic carbocycles. The van der Waals surface area contributed by atoms with Crippen LogP contribution >= 0.6 is 24.0 Å². The summed E-state index contributed by atoms with van der Waals surface area (Å²) >= 11 is 6.10. The lowest BCUT2D eigenvalue weighted by molar-refractivity contribution is -0.134. The van der Waals surface area contributed by atoms with Gasteiger partial charge >= 0.3 is 0 Å². The smallest absolute Gasteiger partial charge is 0.224 e. The van der Waals surface area contributed by atoms with Crippen molar-refractivity contribution in [3.8, 4) is 0 Å². The molecular weight excluding hydrogens is 331 g/mol. The van der Waals surface area contributed by atoms with E-state index in [1.807, 2.05) is 35.2 Å². The van der Waals surface area contributed by atoms with Crippen LogP contribution < -0.4 is 5.73 Å². The molecule has 2 N–H and O–H groups in total. The second-order valence-electron chi connectivity index (χ2n) is 5.60. The van der Waals surface area contributed by atoms with Crippen molar-refractivity contribution in [2.45, 2.75) is 25.4 Å². The lowest BCUT2D eigenvalue weighted by Crippen LogP contribution is -2.39. The van der Waals surface area contributed by atoms with Crippen molar-refractivity contribution in [1.29, 1.82) is 0 Å². The Morgan fingerprint density at radius 1 is 1.17 bits per heavy atom. The average molecular weight is 351 g/mol. The normalized spacial score (nSPS) is 16.4. The summed E-state index contributed by atoms with van der Waals surface area (Å²) < 4.78 is 0. The molecule has 1 unspecified atom stereocenters. The first kappa shape index (κ1) is 17.8. The predicted molar refractivity (Wildman–Crippen MR) is 95.8 cm³/mol. The van der Waals surface area contributed by atoms with E-state index in [4.69, 9.17) is 17.3 Å². The van der Waals surface area contributed by atoms with E-state index in [-0.39, 0.29) is 24.4 Å². The van der Waals surface area contributed by atoms with E-state index >= 15 is 0 Å². The number of nitrogens with zero attached hydrogens (tertiary/aromatic N) is 1. The van der Waals surface area contributed by atoms with Gasteiger partial charge in [-0.25, -0.2) is 0 Å². The highest BCUT2D eigenvalue weighted by Crippen LogP contribution is 2.34. The van der Waals surface area contributed by atoms with Gasteiger partial charge in [-0.1, -0.05) is 48.0 Å². The van der Waals surface area contributed by atoms with Gasteiger partial charge in [0.2, 0.25) is 5.91 Å². The minimum atomic E-state index is 0. The maximum absolute atomic E-state index is 12.5. The maximum atomic E-state index is 12.5. The Labute approximate surface area is 147 Å². The number of rotatable bonds is 3. The number of hydrogen-bond acceptors (Lipinski definition) is 2. The highest BCUT2D eigenvalue weighted by atomic mass is 35.5. The monoisotopic (exact) mass is 350 g/mol. The molecule has 1 aliphatic heterocycles. The Kier molecular flexibility index (Phi) is 6.05. The van der Waals surface area contributed by atoms with Gasteiger partial charge in [0.15, 0.2) is 0 Å². The summed E-state index contributed by atoms with van der Waals surface area (Å²) in [5.74, 6) is 0.0991. The van der Waals surface area contributed by atoms with E-state index in [1.54, 1.807) is 0 Å². The molecule has 0 bridgehead atoms. The van der Waals surface area contributed by atoms with Crippen molar-refractivity contribution in [2.24, 2.45) is 5.73 Å². The van der Waals surface area contributed by atoms with E-state index in [9.17, 15) is 4.79 Å². The fraction of sp³-hybridized carbons (Fsp3) is 0.278. The minimum absolute atomic E-state index is 0. The third kappa shape index (κ3) is 3.86. The van der Waals surface area contributed by atoms with Gasteiger partial charge in [0.1, 0.15) is 0 Å². The summed E-state index contributed by atoms with van der Waals surface area (Å²) in [5.41, 5.74) is 9.12. The van der Waals surface area contributed by atoms with Crippen LogP contribution in [0.25, 0.3) is 0 Å². The number of carbonyl (C=O) groups is 1. The zero-order valence-electron chi connectivity index (χ0n) is 12.7. The van der Waals surface area contributed by atoms with Crippen LogP contribution in [0.5, 0.6) is 0 Å². The molecule has 0 aromatic heterocycles. The molecule has 0 spiro atoms. The van der Waals surface area contributed by atoms with Gasteiger partial charge in [0.05, 0.1) is 6.04 Å². The summed E-state index contributed by atoms with van der Waals surface area (Å²) in [7, 11) is 0. The van der Waals surface area contributed by atoms with Crippen LogP contribution in [0.3, 0.4) is 0 Å². The first-order chi connectivity index (χ1) is 10.7. The second kappa shape index (κ2) is 7.82. The van der Waals surface area contributed by atoms with Gasteiger partial charge in [0, 0.05) is 24.5 Å². The third-order valence-corrected chi connectivity index (χ3v) is 4.40. The summed E-state index contributed by atoms with van der Waals surface area (Å²) in [4.78, 5) is 14.4. The van der Waals surface area contributed by atoms with Crippen LogP contribution in [-0.4, -0.2) is 17.4 Å². The van der Waals surface area contributed by atoms with Crippen molar-refractivity contribution in [2.75, 3.05) is 6.54 Å². The molecule has 122 valence electrons. The molecule has 0 saturated carbocycles. The van der Waals surface area contributed by atoms with Crippen LogP contribution in [0, 0.1) is 0 Å². The number of nitrogens with two attached hydrogens (primary N) is 1. The Morgan fingerprint density at radius 3 is 2.61 bits per heavy atom. The van der Waals surface area contributed by atoms with E-state index in [0.29, 0.717) is 24.5 Å².